The van der Waals surface area contributed by atoms with Gasteiger partial charge in [-0.25, -0.2) is 0 Å². The van der Waals surface area contributed by atoms with Gasteiger partial charge in [0.05, 0.1) is 6.54 Å². The minimum atomic E-state index is -0.0463. The van der Waals surface area contributed by atoms with E-state index in [2.05, 4.69) is 5.32 Å². The van der Waals surface area contributed by atoms with Crippen molar-refractivity contribution in [2.45, 2.75) is 0 Å². The summed E-state index contributed by atoms with van der Waals surface area (Å²) in [5.41, 5.74) is 0. The molecule has 0 saturated carbocycles. The summed E-state index contributed by atoms with van der Waals surface area (Å²) in [6.45, 7) is 0.273. The molecule has 0 aromatic carbocycles. The quantitative estimate of drug-likeness (QED) is 0.422. The fourth-order valence-electron chi connectivity index (χ4n) is 0.521. The lowest BCUT2D eigenvalue weighted by atomic mass is 10.6. The Morgan fingerprint density at radius 1 is 1.88 bits per heavy atom. The van der Waals surface area contributed by atoms with Gasteiger partial charge < -0.3 is 5.32 Å². The zero-order valence-corrected chi connectivity index (χ0v) is 4.56. The second-order valence-electron chi connectivity index (χ2n) is 1.65. The van der Waals surface area contributed by atoms with Crippen LogP contribution in [0.15, 0.2) is 0 Å². The molecule has 1 amide bonds. The number of hydrogen-bond acceptors (Lipinski definition) is 2. The maximum Gasteiger partial charge on any atom is 0.248 e. The van der Waals surface area contributed by atoms with Gasteiger partial charge in [0.15, 0.2) is 5.96 Å². The highest BCUT2D eigenvalue weighted by molar-refractivity contribution is 6.02. The summed E-state index contributed by atoms with van der Waals surface area (Å²) in [5.74, 6) is 0.144. The molecule has 0 aliphatic carbocycles. The van der Waals surface area contributed by atoms with E-state index in [1.165, 1.54) is 4.90 Å². The van der Waals surface area contributed by atoms with Crippen LogP contribution in [0.5, 0.6) is 0 Å². The molecule has 0 aromatic heterocycles. The molecule has 44 valence electrons. The van der Waals surface area contributed by atoms with Crippen LogP contribution in [0.25, 0.3) is 0 Å². The smallest absolute Gasteiger partial charge is 0.248 e. The van der Waals surface area contributed by atoms with Crippen molar-refractivity contribution in [2.24, 2.45) is 0 Å². The van der Waals surface area contributed by atoms with Crippen LogP contribution < -0.4 is 5.32 Å². The van der Waals surface area contributed by atoms with Gasteiger partial charge in [-0.15, -0.1) is 0 Å². The first-order valence-corrected chi connectivity index (χ1v) is 2.31. The van der Waals surface area contributed by atoms with Gasteiger partial charge in [-0.05, 0) is 0 Å². The van der Waals surface area contributed by atoms with E-state index in [4.69, 9.17) is 5.41 Å². The van der Waals surface area contributed by atoms with Crippen molar-refractivity contribution in [3.05, 3.63) is 0 Å². The average molecular weight is 113 g/mol. The number of amides is 1. The third-order valence-corrected chi connectivity index (χ3v) is 1.12. The van der Waals surface area contributed by atoms with E-state index in [1.807, 2.05) is 0 Å². The molecule has 0 aromatic rings. The van der Waals surface area contributed by atoms with Crippen molar-refractivity contribution in [3.63, 3.8) is 0 Å². The lowest BCUT2D eigenvalue weighted by Crippen LogP contribution is -2.26. The minimum absolute atomic E-state index is 0.0463. The largest absolute Gasteiger partial charge is 0.347 e. The predicted octanol–water partition coefficient (Wildman–Crippen LogP) is -1.02. The monoisotopic (exact) mass is 113 g/mol. The third-order valence-electron chi connectivity index (χ3n) is 1.12. The molecule has 8 heavy (non-hydrogen) atoms. The Hall–Kier alpha value is -1.06. The standard InChI is InChI=1S/C4H7N3O/c1-7-3(8)2-6-4(7)5/h2H2,1H3,(H2,5,6). The van der Waals surface area contributed by atoms with Gasteiger partial charge >= 0.3 is 0 Å². The van der Waals surface area contributed by atoms with E-state index in [-0.39, 0.29) is 18.4 Å². The molecule has 1 rings (SSSR count). The van der Waals surface area contributed by atoms with E-state index in [1.54, 1.807) is 7.05 Å². The van der Waals surface area contributed by atoms with E-state index in [0.29, 0.717) is 0 Å². The Morgan fingerprint density at radius 2 is 2.50 bits per heavy atom. The molecular formula is C4H7N3O. The fourth-order valence-corrected chi connectivity index (χ4v) is 0.521. The van der Waals surface area contributed by atoms with Crippen molar-refractivity contribution in [1.29, 1.82) is 5.41 Å². The Balaban J connectivity index is 2.70. The van der Waals surface area contributed by atoms with Gasteiger partial charge in [0.2, 0.25) is 5.91 Å². The number of nitrogens with one attached hydrogen (secondary N) is 2. The highest BCUT2D eigenvalue weighted by atomic mass is 16.2. The molecule has 0 bridgehead atoms. The second kappa shape index (κ2) is 1.47. The molecule has 0 atom stereocenters. The molecule has 1 saturated heterocycles. The summed E-state index contributed by atoms with van der Waals surface area (Å²) in [4.78, 5) is 11.8. The molecule has 1 aliphatic heterocycles. The Morgan fingerprint density at radius 3 is 2.62 bits per heavy atom. The number of carbonyl (C=O) groups excluding carboxylic acids is 1. The molecule has 2 N–H and O–H groups in total. The summed E-state index contributed by atoms with van der Waals surface area (Å²) >= 11 is 0. The molecule has 0 spiro atoms. The van der Waals surface area contributed by atoms with Gasteiger partial charge in [0.25, 0.3) is 0 Å². The molecule has 0 unspecified atom stereocenters. The number of carbonyl (C=O) groups is 1. The Kier molecular flexibility index (Phi) is 0.932. The van der Waals surface area contributed by atoms with Crippen LogP contribution in [0.2, 0.25) is 0 Å². The summed E-state index contributed by atoms with van der Waals surface area (Å²) in [6.07, 6.45) is 0. The van der Waals surface area contributed by atoms with Gasteiger partial charge in [-0.1, -0.05) is 0 Å². The van der Waals surface area contributed by atoms with E-state index in [0.717, 1.165) is 0 Å². The van der Waals surface area contributed by atoms with Gasteiger partial charge in [0, 0.05) is 7.05 Å². The van der Waals surface area contributed by atoms with Crippen molar-refractivity contribution in [1.82, 2.24) is 10.2 Å². The topological polar surface area (TPSA) is 56.2 Å². The van der Waals surface area contributed by atoms with E-state index < -0.39 is 0 Å². The summed E-state index contributed by atoms with van der Waals surface area (Å²) in [6, 6.07) is 0. The van der Waals surface area contributed by atoms with Crippen molar-refractivity contribution in [2.75, 3.05) is 13.6 Å². The van der Waals surface area contributed by atoms with Crippen LogP contribution in [-0.4, -0.2) is 30.4 Å². The maximum atomic E-state index is 10.5. The summed E-state index contributed by atoms with van der Waals surface area (Å²) < 4.78 is 0. The van der Waals surface area contributed by atoms with Crippen molar-refractivity contribution in [3.8, 4) is 0 Å². The van der Waals surface area contributed by atoms with Crippen LogP contribution >= 0.6 is 0 Å². The van der Waals surface area contributed by atoms with Crippen LogP contribution in [0.3, 0.4) is 0 Å². The maximum absolute atomic E-state index is 10.5. The first-order chi connectivity index (χ1) is 3.72. The fraction of sp³-hybridized carbons (Fsp3) is 0.500. The van der Waals surface area contributed by atoms with Crippen LogP contribution in [0, 0.1) is 5.41 Å². The third kappa shape index (κ3) is 0.538. The summed E-state index contributed by atoms with van der Waals surface area (Å²) in [7, 11) is 1.57. The molecule has 4 nitrogen and oxygen atoms in total. The number of hydrogen-bond donors (Lipinski definition) is 2. The number of guanidine groups is 1. The minimum Gasteiger partial charge on any atom is -0.347 e. The van der Waals surface area contributed by atoms with Crippen molar-refractivity contribution < 1.29 is 4.79 Å². The molecule has 1 heterocycles. The van der Waals surface area contributed by atoms with Gasteiger partial charge in [-0.2, -0.15) is 0 Å². The number of likely N-dealkylation sites (N-methyl/N-ethyl adjacent to an activating group) is 1. The van der Waals surface area contributed by atoms with Gasteiger partial charge in [0.1, 0.15) is 0 Å². The van der Waals surface area contributed by atoms with Crippen LogP contribution in [0.4, 0.5) is 0 Å². The molecule has 4 heteroatoms. The van der Waals surface area contributed by atoms with Crippen LogP contribution in [-0.2, 0) is 4.79 Å². The zero-order valence-electron chi connectivity index (χ0n) is 4.56. The number of nitrogens with zero attached hydrogens (tertiary/aromatic N) is 1. The lowest BCUT2D eigenvalue weighted by molar-refractivity contribution is -0.123. The highest BCUT2D eigenvalue weighted by Crippen LogP contribution is 1.89. The zero-order chi connectivity index (χ0) is 6.15. The average Bonchev–Trinajstić information content (AvgIpc) is 1.98. The van der Waals surface area contributed by atoms with Crippen LogP contribution in [0.1, 0.15) is 0 Å². The molecule has 1 aliphatic rings. The molecule has 0 radical (unpaired) electrons. The van der Waals surface area contributed by atoms with E-state index in [9.17, 15) is 4.79 Å². The molecular weight excluding hydrogens is 106 g/mol. The SMILES string of the molecule is CN1C(=N)NCC1=O. The first kappa shape index (κ1) is 5.08. The first-order valence-electron chi connectivity index (χ1n) is 2.31. The van der Waals surface area contributed by atoms with Crippen molar-refractivity contribution >= 4 is 11.9 Å². The van der Waals surface area contributed by atoms with Gasteiger partial charge in [-0.3, -0.25) is 15.1 Å². The summed E-state index contributed by atoms with van der Waals surface area (Å²) in [5, 5.41) is 9.56. The normalized spacial score (nSPS) is 19.4. The second-order valence-corrected chi connectivity index (χ2v) is 1.65. The van der Waals surface area contributed by atoms with E-state index >= 15 is 0 Å². The molecule has 1 fully saturated rings. The Bertz CT molecular complexity index is 126. The lowest BCUT2D eigenvalue weighted by Gasteiger charge is -2.02. The number of rotatable bonds is 0. The predicted molar refractivity (Wildman–Crippen MR) is 28.5 cm³/mol. The highest BCUT2D eigenvalue weighted by Gasteiger charge is 2.19. The Labute approximate surface area is 47.0 Å².